The van der Waals surface area contributed by atoms with E-state index in [1.165, 1.54) is 0 Å². The van der Waals surface area contributed by atoms with E-state index in [1.807, 2.05) is 0 Å². The van der Waals surface area contributed by atoms with Crippen molar-refractivity contribution in [2.45, 2.75) is 19.3 Å². The van der Waals surface area contributed by atoms with Crippen LogP contribution in [0.3, 0.4) is 0 Å². The molecule has 92 valence electrons. The van der Waals surface area contributed by atoms with Crippen LogP contribution in [-0.4, -0.2) is 20.3 Å². The monoisotopic (exact) mass is 233 g/mol. The average molecular weight is 233 g/mol. The second-order valence-corrected chi connectivity index (χ2v) is 3.89. The number of ether oxygens (including phenoxy) is 1. The topological polar surface area (TPSA) is 71.1 Å². The SMILES string of the molecule is COCCCCCNc1cc(C#N)ccc1N. The molecule has 4 nitrogen and oxygen atoms in total. The summed E-state index contributed by atoms with van der Waals surface area (Å²) in [5.41, 5.74) is 7.97. The number of rotatable bonds is 7. The maximum atomic E-state index is 8.79. The first-order valence-corrected chi connectivity index (χ1v) is 5.80. The number of hydrogen-bond donors (Lipinski definition) is 2. The first kappa shape index (κ1) is 13.3. The smallest absolute Gasteiger partial charge is 0.0992 e. The van der Waals surface area contributed by atoms with Crippen LogP contribution in [0, 0.1) is 11.3 Å². The van der Waals surface area contributed by atoms with Crippen LogP contribution >= 0.6 is 0 Å². The Bertz CT molecular complexity index is 385. The Morgan fingerprint density at radius 2 is 2.18 bits per heavy atom. The third-order valence-corrected chi connectivity index (χ3v) is 2.52. The van der Waals surface area contributed by atoms with Gasteiger partial charge in [-0.05, 0) is 37.5 Å². The van der Waals surface area contributed by atoms with Crippen LogP contribution in [0.4, 0.5) is 11.4 Å². The average Bonchev–Trinajstić information content (AvgIpc) is 2.35. The van der Waals surface area contributed by atoms with Gasteiger partial charge in [-0.2, -0.15) is 5.26 Å². The lowest BCUT2D eigenvalue weighted by Gasteiger charge is -2.09. The number of anilines is 2. The number of methoxy groups -OCH3 is 1. The van der Waals surface area contributed by atoms with Crippen LogP contribution in [0.15, 0.2) is 18.2 Å². The molecular formula is C13H19N3O. The molecule has 0 radical (unpaired) electrons. The van der Waals surface area contributed by atoms with Crippen molar-refractivity contribution in [1.29, 1.82) is 5.26 Å². The van der Waals surface area contributed by atoms with Crippen molar-refractivity contribution in [3.8, 4) is 6.07 Å². The van der Waals surface area contributed by atoms with E-state index in [4.69, 9.17) is 15.7 Å². The van der Waals surface area contributed by atoms with Gasteiger partial charge >= 0.3 is 0 Å². The minimum atomic E-state index is 0.626. The van der Waals surface area contributed by atoms with E-state index < -0.39 is 0 Å². The fourth-order valence-corrected chi connectivity index (χ4v) is 1.55. The maximum absolute atomic E-state index is 8.79. The number of nitriles is 1. The lowest BCUT2D eigenvalue weighted by Crippen LogP contribution is -2.05. The summed E-state index contributed by atoms with van der Waals surface area (Å²) < 4.78 is 4.98. The number of unbranched alkanes of at least 4 members (excludes halogenated alkanes) is 2. The Kier molecular flexibility index (Phi) is 5.91. The van der Waals surface area contributed by atoms with Gasteiger partial charge in [0.2, 0.25) is 0 Å². The zero-order chi connectivity index (χ0) is 12.5. The van der Waals surface area contributed by atoms with Crippen molar-refractivity contribution >= 4 is 11.4 Å². The molecule has 0 saturated carbocycles. The minimum Gasteiger partial charge on any atom is -0.397 e. The molecule has 0 unspecified atom stereocenters. The number of hydrogen-bond acceptors (Lipinski definition) is 4. The molecule has 0 amide bonds. The molecule has 1 aromatic carbocycles. The van der Waals surface area contributed by atoms with Crippen molar-refractivity contribution < 1.29 is 4.74 Å². The largest absolute Gasteiger partial charge is 0.397 e. The molecule has 0 fully saturated rings. The molecular weight excluding hydrogens is 214 g/mol. The predicted octanol–water partition coefficient (Wildman–Crippen LogP) is 2.37. The van der Waals surface area contributed by atoms with Gasteiger partial charge in [-0.25, -0.2) is 0 Å². The molecule has 4 heteroatoms. The lowest BCUT2D eigenvalue weighted by molar-refractivity contribution is 0.192. The summed E-state index contributed by atoms with van der Waals surface area (Å²) in [6.45, 7) is 1.68. The van der Waals surface area contributed by atoms with Gasteiger partial charge in [0.05, 0.1) is 23.0 Å². The Hall–Kier alpha value is -1.73. The van der Waals surface area contributed by atoms with Gasteiger partial charge in [0, 0.05) is 20.3 Å². The fraction of sp³-hybridized carbons (Fsp3) is 0.462. The number of nitrogen functional groups attached to an aromatic ring is 1. The minimum absolute atomic E-state index is 0.626. The van der Waals surface area contributed by atoms with Crippen LogP contribution in [0.25, 0.3) is 0 Å². The summed E-state index contributed by atoms with van der Waals surface area (Å²) in [6, 6.07) is 7.36. The number of nitrogens with zero attached hydrogens (tertiary/aromatic N) is 1. The van der Waals surface area contributed by atoms with Crippen LogP contribution in [-0.2, 0) is 4.74 Å². The van der Waals surface area contributed by atoms with E-state index in [2.05, 4.69) is 11.4 Å². The van der Waals surface area contributed by atoms with E-state index in [0.29, 0.717) is 11.3 Å². The van der Waals surface area contributed by atoms with Gasteiger partial charge in [0.15, 0.2) is 0 Å². The number of benzene rings is 1. The normalized spacial score (nSPS) is 9.88. The Morgan fingerprint density at radius 3 is 2.88 bits per heavy atom. The summed E-state index contributed by atoms with van der Waals surface area (Å²) >= 11 is 0. The van der Waals surface area contributed by atoms with Gasteiger partial charge in [-0.1, -0.05) is 0 Å². The van der Waals surface area contributed by atoms with E-state index in [9.17, 15) is 0 Å². The molecule has 0 spiro atoms. The van der Waals surface area contributed by atoms with Crippen molar-refractivity contribution in [3.05, 3.63) is 23.8 Å². The highest BCUT2D eigenvalue weighted by atomic mass is 16.5. The molecule has 0 aliphatic rings. The summed E-state index contributed by atoms with van der Waals surface area (Å²) in [5, 5.41) is 12.0. The van der Waals surface area contributed by atoms with Gasteiger partial charge in [0.25, 0.3) is 0 Å². The van der Waals surface area contributed by atoms with Crippen molar-refractivity contribution in [2.75, 3.05) is 31.3 Å². The van der Waals surface area contributed by atoms with E-state index >= 15 is 0 Å². The molecule has 0 aliphatic carbocycles. The molecule has 0 saturated heterocycles. The van der Waals surface area contributed by atoms with Gasteiger partial charge in [-0.3, -0.25) is 0 Å². The third-order valence-electron chi connectivity index (χ3n) is 2.52. The highest BCUT2D eigenvalue weighted by molar-refractivity contribution is 5.68. The van der Waals surface area contributed by atoms with E-state index in [0.717, 1.165) is 38.1 Å². The van der Waals surface area contributed by atoms with Crippen molar-refractivity contribution in [1.82, 2.24) is 0 Å². The van der Waals surface area contributed by atoms with Crippen LogP contribution in [0.2, 0.25) is 0 Å². The number of nitrogens with one attached hydrogen (secondary N) is 1. The molecule has 1 rings (SSSR count). The quantitative estimate of drug-likeness (QED) is 0.560. The van der Waals surface area contributed by atoms with E-state index in [-0.39, 0.29) is 0 Å². The maximum Gasteiger partial charge on any atom is 0.0992 e. The van der Waals surface area contributed by atoms with Crippen LogP contribution in [0.5, 0.6) is 0 Å². The van der Waals surface area contributed by atoms with Gasteiger partial charge < -0.3 is 15.8 Å². The molecule has 1 aromatic rings. The van der Waals surface area contributed by atoms with Crippen LogP contribution < -0.4 is 11.1 Å². The highest BCUT2D eigenvalue weighted by Crippen LogP contribution is 2.19. The number of nitrogens with two attached hydrogens (primary N) is 1. The summed E-state index contributed by atoms with van der Waals surface area (Å²) in [7, 11) is 1.71. The van der Waals surface area contributed by atoms with Gasteiger partial charge in [0.1, 0.15) is 0 Å². The van der Waals surface area contributed by atoms with Crippen LogP contribution in [0.1, 0.15) is 24.8 Å². The Balaban J connectivity index is 2.33. The van der Waals surface area contributed by atoms with Crippen molar-refractivity contribution in [2.24, 2.45) is 0 Å². The zero-order valence-corrected chi connectivity index (χ0v) is 10.2. The first-order valence-electron chi connectivity index (χ1n) is 5.80. The molecule has 0 aliphatic heterocycles. The summed E-state index contributed by atoms with van der Waals surface area (Å²) in [4.78, 5) is 0. The second kappa shape index (κ2) is 7.53. The van der Waals surface area contributed by atoms with Gasteiger partial charge in [-0.15, -0.1) is 0 Å². The zero-order valence-electron chi connectivity index (χ0n) is 10.2. The molecule has 17 heavy (non-hydrogen) atoms. The third kappa shape index (κ3) is 4.75. The Morgan fingerprint density at radius 1 is 1.35 bits per heavy atom. The predicted molar refractivity (Wildman–Crippen MR) is 69.8 cm³/mol. The molecule has 0 bridgehead atoms. The molecule has 0 atom stereocenters. The highest BCUT2D eigenvalue weighted by Gasteiger charge is 2.00. The second-order valence-electron chi connectivity index (χ2n) is 3.89. The Labute approximate surface area is 102 Å². The molecule has 3 N–H and O–H groups in total. The standard InChI is InChI=1S/C13H19N3O/c1-17-8-4-2-3-7-16-13-9-11(10-14)5-6-12(13)15/h5-6,9,16H,2-4,7-8,15H2,1H3. The summed E-state index contributed by atoms with van der Waals surface area (Å²) in [5.74, 6) is 0. The van der Waals surface area contributed by atoms with E-state index in [1.54, 1.807) is 25.3 Å². The molecule has 0 aromatic heterocycles. The molecule has 0 heterocycles. The van der Waals surface area contributed by atoms with Crippen molar-refractivity contribution in [3.63, 3.8) is 0 Å². The lowest BCUT2D eigenvalue weighted by atomic mass is 10.2. The first-order chi connectivity index (χ1) is 8.27. The fourth-order valence-electron chi connectivity index (χ4n) is 1.55. The summed E-state index contributed by atoms with van der Waals surface area (Å²) in [6.07, 6.45) is 3.27.